The van der Waals surface area contributed by atoms with Gasteiger partial charge in [0.15, 0.2) is 0 Å². The van der Waals surface area contributed by atoms with E-state index in [4.69, 9.17) is 29.4 Å². The molecule has 0 bridgehead atoms. The summed E-state index contributed by atoms with van der Waals surface area (Å²) in [5.41, 5.74) is 7.06. The fourth-order valence-electron chi connectivity index (χ4n) is 15.7. The summed E-state index contributed by atoms with van der Waals surface area (Å²) in [6.45, 7) is 31.6. The summed E-state index contributed by atoms with van der Waals surface area (Å²) in [4.78, 5) is 8.35. The molecule has 492 valence electrons. The minimum atomic E-state index is -1.11. The SMILES string of the molecule is C1CCC([N-]C(=[NH+]C2CCCCC2)P(C2CCCCC2)C2CCCCC2)CC1.C1CCC([N-]C(=[NH+]C2CCCCC2)P(C2CCCCC2)C2CCCCC2)CC1.C1CCOC1.C1CCOC1.C[Si](C)(C)[N-][Si](C)(C)C.C[Si](C)(C)[N-][Si](C)(C)C.[Mg+2].[Mg+2]. The third-order valence-electron chi connectivity index (χ3n) is 19.0. The van der Waals surface area contributed by atoms with Crippen molar-refractivity contribution in [2.45, 2.75) is 408 Å². The van der Waals surface area contributed by atoms with Crippen LogP contribution in [-0.4, -0.2) is 163 Å². The molecule has 8 nitrogen and oxygen atoms in total. The van der Waals surface area contributed by atoms with E-state index in [9.17, 15) is 0 Å². The predicted octanol–water partition coefficient (Wildman–Crippen LogP) is 20.1. The summed E-state index contributed by atoms with van der Waals surface area (Å²) in [6, 6.07) is 2.73. The third-order valence-corrected chi connectivity index (χ3v) is 36.4. The molecule has 86 heavy (non-hydrogen) atoms. The van der Waals surface area contributed by atoms with Crippen LogP contribution in [0.5, 0.6) is 0 Å². The molecular formula is C70H142Mg2N6O2P2Si4+2. The van der Waals surface area contributed by atoms with Gasteiger partial charge in [0.2, 0.25) is 0 Å². The van der Waals surface area contributed by atoms with Crippen LogP contribution in [0, 0.1) is 0 Å². The van der Waals surface area contributed by atoms with Crippen LogP contribution in [0.15, 0.2) is 0 Å². The molecule has 0 radical (unpaired) electrons. The molecule has 0 atom stereocenters. The minimum absolute atomic E-state index is 0. The van der Waals surface area contributed by atoms with Crippen molar-refractivity contribution in [3.05, 3.63) is 19.9 Å². The average molecular weight is 1320 g/mol. The maximum absolute atomic E-state index is 5.61. The van der Waals surface area contributed by atoms with Gasteiger partial charge in [0.05, 0.1) is 12.1 Å². The van der Waals surface area contributed by atoms with Gasteiger partial charge in [0, 0.05) is 38.5 Å². The van der Waals surface area contributed by atoms with Crippen LogP contribution in [0.4, 0.5) is 0 Å². The van der Waals surface area contributed by atoms with Gasteiger partial charge in [-0.05, 0) is 167 Å². The van der Waals surface area contributed by atoms with Crippen molar-refractivity contribution in [1.82, 2.24) is 0 Å². The molecule has 8 saturated carbocycles. The molecule has 10 aliphatic rings. The Kier molecular flexibility index (Phi) is 44.2. The van der Waals surface area contributed by atoms with E-state index in [0.29, 0.717) is 12.1 Å². The third kappa shape index (κ3) is 38.0. The predicted molar refractivity (Wildman–Crippen MR) is 399 cm³/mol. The molecule has 0 aromatic carbocycles. The summed E-state index contributed by atoms with van der Waals surface area (Å²) >= 11 is 0. The van der Waals surface area contributed by atoms with E-state index in [1.807, 2.05) is 0 Å². The first-order valence-corrected chi connectivity index (χ1v) is 53.9. The largest absolute Gasteiger partial charge is 2.00 e. The Hall–Kier alpha value is 2.04. The molecule has 2 heterocycles. The van der Waals surface area contributed by atoms with Crippen molar-refractivity contribution in [2.75, 3.05) is 26.4 Å². The van der Waals surface area contributed by atoms with Gasteiger partial charge < -0.3 is 28.8 Å². The smallest absolute Gasteiger partial charge is 0.668 e. The second-order valence-electron chi connectivity index (χ2n) is 32.0. The molecule has 2 aliphatic heterocycles. The molecule has 0 spiro atoms. The summed E-state index contributed by atoms with van der Waals surface area (Å²) in [5, 5.41) is 11.2. The van der Waals surface area contributed by atoms with Gasteiger partial charge in [0.25, 0.3) is 0 Å². The molecule has 0 amide bonds. The quantitative estimate of drug-likeness (QED) is 0.0783. The van der Waals surface area contributed by atoms with Crippen molar-refractivity contribution in [3.8, 4) is 0 Å². The van der Waals surface area contributed by atoms with E-state index in [1.165, 1.54) is 283 Å². The van der Waals surface area contributed by atoms with Gasteiger partial charge in [-0.2, -0.15) is 0 Å². The van der Waals surface area contributed by atoms with E-state index >= 15 is 0 Å². The van der Waals surface area contributed by atoms with Crippen LogP contribution >= 0.6 is 15.8 Å². The Morgan fingerprint density at radius 3 is 0.651 bits per heavy atom. The van der Waals surface area contributed by atoms with E-state index in [2.05, 4.69) is 88.5 Å². The minimum Gasteiger partial charge on any atom is -0.668 e. The first-order valence-electron chi connectivity index (χ1n) is 37.1. The van der Waals surface area contributed by atoms with Crippen molar-refractivity contribution in [1.29, 1.82) is 0 Å². The van der Waals surface area contributed by atoms with Crippen molar-refractivity contribution < 1.29 is 19.5 Å². The molecule has 0 aromatic rings. The van der Waals surface area contributed by atoms with Crippen molar-refractivity contribution >= 4 is 106 Å². The summed E-state index contributed by atoms with van der Waals surface area (Å²) in [7, 11) is -4.57. The number of rotatable bonds is 14. The maximum Gasteiger partial charge on any atom is 2.00 e. The molecule has 10 rings (SSSR count). The van der Waals surface area contributed by atoms with Crippen LogP contribution in [0.25, 0.3) is 19.9 Å². The van der Waals surface area contributed by atoms with E-state index in [-0.39, 0.29) is 61.9 Å². The van der Waals surface area contributed by atoms with Crippen LogP contribution in [0.2, 0.25) is 78.6 Å². The van der Waals surface area contributed by atoms with Crippen LogP contribution in [-0.2, 0) is 9.47 Å². The Morgan fingerprint density at radius 2 is 0.477 bits per heavy atom. The summed E-state index contributed by atoms with van der Waals surface area (Å²) < 4.78 is 19.5. The van der Waals surface area contributed by atoms with E-state index in [1.54, 1.807) is 11.2 Å². The van der Waals surface area contributed by atoms with Crippen molar-refractivity contribution in [2.24, 2.45) is 0 Å². The van der Waals surface area contributed by atoms with Gasteiger partial charge in [-0.15, -0.1) is 0 Å². The van der Waals surface area contributed by atoms with Crippen LogP contribution in [0.3, 0.4) is 0 Å². The topological polar surface area (TPSA) is 103 Å². The van der Waals surface area contributed by atoms with Gasteiger partial charge in [-0.1, -0.05) is 266 Å². The van der Waals surface area contributed by atoms with E-state index < -0.39 is 32.9 Å². The van der Waals surface area contributed by atoms with Crippen LogP contribution < -0.4 is 9.98 Å². The number of nitrogens with one attached hydrogen (secondary N) is 2. The Morgan fingerprint density at radius 1 is 0.279 bits per heavy atom. The Labute approximate surface area is 574 Å². The maximum atomic E-state index is 5.61. The zero-order valence-electron chi connectivity index (χ0n) is 59.5. The second-order valence-corrected chi connectivity index (χ2v) is 56.5. The first-order chi connectivity index (χ1) is 40.2. The summed E-state index contributed by atoms with van der Waals surface area (Å²) in [5.74, 6) is 0. The Balaban J connectivity index is 0.000000308. The van der Waals surface area contributed by atoms with E-state index in [0.717, 1.165) is 61.1 Å². The zero-order chi connectivity index (χ0) is 60.5. The molecule has 2 saturated heterocycles. The van der Waals surface area contributed by atoms with Gasteiger partial charge in [-0.3, -0.25) is 10.6 Å². The van der Waals surface area contributed by atoms with Crippen molar-refractivity contribution in [3.63, 3.8) is 0 Å². The number of hydrogen-bond acceptors (Lipinski definition) is 2. The van der Waals surface area contributed by atoms with Crippen LogP contribution in [0.1, 0.15) is 283 Å². The second kappa shape index (κ2) is 46.2. The molecule has 0 aromatic heterocycles. The standard InChI is InChI=1S/2C25H44N2P.2C6H18NSi2.2C4H8O.2Mg/c2*1-5-13-21(14-6-1)26-25(27-22-15-7-2-8-16-22)28(23-17-9-3-10-18-23)24-19-11-4-12-20-24;2*1-8(2,3)7-9(4,5)6;2*1-2-4-5-3-1;;/h2*21-24H,1-20H2;2*1-6H3;2*1-4H2;;/q4*-1;;;2*+2/p+2. The van der Waals surface area contributed by atoms with Gasteiger partial charge >= 0.3 is 46.1 Å². The average Bonchev–Trinajstić information content (AvgIpc) is 2.80. The number of amidine groups is 2. The molecule has 2 N–H and O–H groups in total. The fraction of sp³-hybridized carbons (Fsp3) is 0.971. The fourth-order valence-corrected chi connectivity index (χ4v) is 39.4. The number of ether oxygens (including phenoxy) is 2. The number of hydrogen-bond donors (Lipinski definition) is 2. The molecule has 8 aliphatic carbocycles. The molecular weight excluding hydrogens is 1180 g/mol. The van der Waals surface area contributed by atoms with Gasteiger partial charge in [0.1, 0.15) is 11.2 Å². The zero-order valence-corrected chi connectivity index (χ0v) is 68.1. The molecule has 16 heteroatoms. The number of nitrogens with zero attached hydrogens (tertiary/aromatic N) is 4. The molecule has 10 fully saturated rings. The first kappa shape index (κ1) is 82.3. The Bertz CT molecular complexity index is 1510. The monoisotopic (exact) mass is 1320 g/mol. The molecule has 0 unspecified atom stereocenters. The van der Waals surface area contributed by atoms with Gasteiger partial charge in [-0.25, -0.2) is 0 Å². The normalized spacial score (nSPS) is 23.9. The summed E-state index contributed by atoms with van der Waals surface area (Å²) in [6.07, 6.45) is 63.0.